The molecule has 5 nitrogen and oxygen atoms in total. The van der Waals surface area contributed by atoms with Crippen molar-refractivity contribution in [1.82, 2.24) is 15.2 Å². The molecule has 1 saturated carbocycles. The van der Waals surface area contributed by atoms with Crippen LogP contribution in [-0.2, 0) is 16.0 Å². The summed E-state index contributed by atoms with van der Waals surface area (Å²) in [6.45, 7) is 1.55. The number of carbonyl (C=O) groups excluding carboxylic acids is 2. The Morgan fingerprint density at radius 3 is 2.71 bits per heavy atom. The SMILES string of the molecule is O=C(CCc1ccncc1)N[C@H]1CC(=O)N(CC2CCCCC2)C1. The zero-order valence-electron chi connectivity index (χ0n) is 14.2. The van der Waals surface area contributed by atoms with Crippen LogP contribution in [0.25, 0.3) is 0 Å². The average Bonchev–Trinajstić information content (AvgIpc) is 2.94. The summed E-state index contributed by atoms with van der Waals surface area (Å²) in [6.07, 6.45) is 11.5. The van der Waals surface area contributed by atoms with E-state index in [9.17, 15) is 9.59 Å². The first-order valence-corrected chi connectivity index (χ1v) is 9.17. The number of hydrogen-bond donors (Lipinski definition) is 1. The summed E-state index contributed by atoms with van der Waals surface area (Å²) in [4.78, 5) is 30.2. The van der Waals surface area contributed by atoms with Crippen molar-refractivity contribution in [3.8, 4) is 0 Å². The van der Waals surface area contributed by atoms with Crippen molar-refractivity contribution in [3.05, 3.63) is 30.1 Å². The molecule has 130 valence electrons. The highest BCUT2D eigenvalue weighted by atomic mass is 16.2. The fourth-order valence-electron chi connectivity index (χ4n) is 3.83. The molecule has 0 spiro atoms. The van der Waals surface area contributed by atoms with Crippen molar-refractivity contribution in [3.63, 3.8) is 0 Å². The third-order valence-electron chi connectivity index (χ3n) is 5.17. The van der Waals surface area contributed by atoms with Gasteiger partial charge in [-0.15, -0.1) is 0 Å². The molecule has 0 unspecified atom stereocenters. The second kappa shape index (κ2) is 8.27. The van der Waals surface area contributed by atoms with Gasteiger partial charge in [0.15, 0.2) is 0 Å². The minimum Gasteiger partial charge on any atom is -0.351 e. The topological polar surface area (TPSA) is 62.3 Å². The number of likely N-dealkylation sites (tertiary alicyclic amines) is 1. The van der Waals surface area contributed by atoms with E-state index < -0.39 is 0 Å². The van der Waals surface area contributed by atoms with Crippen molar-refractivity contribution in [2.24, 2.45) is 5.92 Å². The van der Waals surface area contributed by atoms with Crippen LogP contribution in [0.1, 0.15) is 50.5 Å². The normalized spacial score (nSPS) is 21.9. The van der Waals surface area contributed by atoms with E-state index >= 15 is 0 Å². The van der Waals surface area contributed by atoms with Gasteiger partial charge in [0.25, 0.3) is 0 Å². The molecule has 3 rings (SSSR count). The Balaban J connectivity index is 1.41. The number of nitrogens with one attached hydrogen (secondary N) is 1. The predicted molar refractivity (Wildman–Crippen MR) is 92.3 cm³/mol. The highest BCUT2D eigenvalue weighted by molar-refractivity contribution is 5.82. The van der Waals surface area contributed by atoms with Crippen LogP contribution in [0.2, 0.25) is 0 Å². The minimum absolute atomic E-state index is 0.0222. The van der Waals surface area contributed by atoms with E-state index in [1.807, 2.05) is 17.0 Å². The van der Waals surface area contributed by atoms with Crippen LogP contribution in [0, 0.1) is 5.92 Å². The van der Waals surface area contributed by atoms with E-state index in [2.05, 4.69) is 10.3 Å². The van der Waals surface area contributed by atoms with Crippen LogP contribution >= 0.6 is 0 Å². The molecule has 1 N–H and O–H groups in total. The number of rotatable bonds is 6. The Labute approximate surface area is 143 Å². The largest absolute Gasteiger partial charge is 0.351 e. The van der Waals surface area contributed by atoms with Gasteiger partial charge in [-0.2, -0.15) is 0 Å². The number of aryl methyl sites for hydroxylation is 1. The first-order valence-electron chi connectivity index (χ1n) is 9.17. The number of aromatic nitrogens is 1. The molecule has 2 amide bonds. The standard InChI is InChI=1S/C19H27N3O2/c23-18(7-6-15-8-10-20-11-9-15)21-17-12-19(24)22(14-17)13-16-4-2-1-3-5-16/h8-11,16-17H,1-7,12-14H2,(H,21,23)/t17-/m0/s1. The summed E-state index contributed by atoms with van der Waals surface area (Å²) in [6, 6.07) is 3.84. The van der Waals surface area contributed by atoms with Gasteiger partial charge in [0.1, 0.15) is 0 Å². The smallest absolute Gasteiger partial charge is 0.224 e. The number of nitrogens with zero attached hydrogens (tertiary/aromatic N) is 2. The summed E-state index contributed by atoms with van der Waals surface area (Å²) in [5.41, 5.74) is 1.11. The second-order valence-corrected chi connectivity index (χ2v) is 7.13. The van der Waals surface area contributed by atoms with Crippen molar-refractivity contribution < 1.29 is 9.59 Å². The van der Waals surface area contributed by atoms with E-state index in [0.29, 0.717) is 31.7 Å². The Morgan fingerprint density at radius 2 is 1.96 bits per heavy atom. The molecule has 1 aromatic rings. The van der Waals surface area contributed by atoms with E-state index in [0.717, 1.165) is 12.1 Å². The molecular formula is C19H27N3O2. The van der Waals surface area contributed by atoms with Crippen molar-refractivity contribution in [2.45, 2.75) is 57.4 Å². The summed E-state index contributed by atoms with van der Waals surface area (Å²) in [5, 5.41) is 3.03. The molecule has 1 aliphatic heterocycles. The van der Waals surface area contributed by atoms with Gasteiger partial charge in [-0.25, -0.2) is 0 Å². The van der Waals surface area contributed by atoms with Gasteiger partial charge < -0.3 is 10.2 Å². The lowest BCUT2D eigenvalue weighted by Crippen LogP contribution is -2.38. The van der Waals surface area contributed by atoms with Crippen LogP contribution in [0.3, 0.4) is 0 Å². The van der Waals surface area contributed by atoms with Gasteiger partial charge in [-0.1, -0.05) is 19.3 Å². The molecular weight excluding hydrogens is 302 g/mol. The van der Waals surface area contributed by atoms with Crippen LogP contribution in [-0.4, -0.2) is 40.8 Å². The molecule has 0 bridgehead atoms. The highest BCUT2D eigenvalue weighted by Crippen LogP contribution is 2.26. The Kier molecular flexibility index (Phi) is 5.83. The average molecular weight is 329 g/mol. The predicted octanol–water partition coefficient (Wildman–Crippen LogP) is 2.31. The van der Waals surface area contributed by atoms with Crippen molar-refractivity contribution in [1.29, 1.82) is 0 Å². The molecule has 0 radical (unpaired) electrons. The lowest BCUT2D eigenvalue weighted by molar-refractivity contribution is -0.128. The van der Waals surface area contributed by atoms with Gasteiger partial charge in [0.2, 0.25) is 11.8 Å². The number of pyridine rings is 1. The van der Waals surface area contributed by atoms with E-state index in [-0.39, 0.29) is 17.9 Å². The maximum absolute atomic E-state index is 12.2. The number of hydrogen-bond acceptors (Lipinski definition) is 3. The zero-order valence-corrected chi connectivity index (χ0v) is 14.2. The molecule has 1 atom stereocenters. The van der Waals surface area contributed by atoms with Gasteiger partial charge in [-0.3, -0.25) is 14.6 Å². The third-order valence-corrected chi connectivity index (χ3v) is 5.17. The maximum atomic E-state index is 12.2. The number of amides is 2. The molecule has 1 saturated heterocycles. The number of carbonyl (C=O) groups is 2. The summed E-state index contributed by atoms with van der Waals surface area (Å²) in [5.74, 6) is 0.882. The van der Waals surface area contributed by atoms with Crippen LogP contribution in [0.4, 0.5) is 0 Å². The van der Waals surface area contributed by atoms with E-state index in [4.69, 9.17) is 0 Å². The van der Waals surface area contributed by atoms with Gasteiger partial charge in [0.05, 0.1) is 6.04 Å². The molecule has 5 heteroatoms. The Bertz CT molecular complexity index is 555. The van der Waals surface area contributed by atoms with E-state index in [1.54, 1.807) is 12.4 Å². The maximum Gasteiger partial charge on any atom is 0.224 e. The minimum atomic E-state index is -0.0222. The van der Waals surface area contributed by atoms with Gasteiger partial charge >= 0.3 is 0 Å². The second-order valence-electron chi connectivity index (χ2n) is 7.13. The summed E-state index contributed by atoms with van der Waals surface area (Å²) < 4.78 is 0. The van der Waals surface area contributed by atoms with Gasteiger partial charge in [-0.05, 0) is 42.9 Å². The Morgan fingerprint density at radius 1 is 1.21 bits per heavy atom. The fraction of sp³-hybridized carbons (Fsp3) is 0.632. The molecule has 1 aliphatic carbocycles. The van der Waals surface area contributed by atoms with Gasteiger partial charge in [0, 0.05) is 38.3 Å². The fourth-order valence-corrected chi connectivity index (χ4v) is 3.83. The van der Waals surface area contributed by atoms with Crippen LogP contribution < -0.4 is 5.32 Å². The zero-order chi connectivity index (χ0) is 16.8. The third kappa shape index (κ3) is 4.79. The first-order chi connectivity index (χ1) is 11.7. The molecule has 24 heavy (non-hydrogen) atoms. The lowest BCUT2D eigenvalue weighted by atomic mass is 9.89. The monoisotopic (exact) mass is 329 g/mol. The quantitative estimate of drug-likeness (QED) is 0.871. The van der Waals surface area contributed by atoms with Crippen molar-refractivity contribution >= 4 is 11.8 Å². The molecule has 2 heterocycles. The van der Waals surface area contributed by atoms with Crippen LogP contribution in [0.5, 0.6) is 0 Å². The van der Waals surface area contributed by atoms with Crippen LogP contribution in [0.15, 0.2) is 24.5 Å². The van der Waals surface area contributed by atoms with E-state index in [1.165, 1.54) is 32.1 Å². The highest BCUT2D eigenvalue weighted by Gasteiger charge is 2.32. The summed E-state index contributed by atoms with van der Waals surface area (Å²) in [7, 11) is 0. The molecule has 1 aromatic heterocycles. The first kappa shape index (κ1) is 16.9. The molecule has 2 fully saturated rings. The van der Waals surface area contributed by atoms with Crippen molar-refractivity contribution in [2.75, 3.05) is 13.1 Å². The Hall–Kier alpha value is -1.91. The lowest BCUT2D eigenvalue weighted by Gasteiger charge is -2.27. The summed E-state index contributed by atoms with van der Waals surface area (Å²) >= 11 is 0. The molecule has 2 aliphatic rings. The molecule has 0 aromatic carbocycles.